The molecule has 6 nitrogen and oxygen atoms in total. The van der Waals surface area contributed by atoms with Gasteiger partial charge in [-0.05, 0) is 49.6 Å². The van der Waals surface area contributed by atoms with E-state index >= 15 is 0 Å². The molecule has 0 radical (unpaired) electrons. The maximum Gasteiger partial charge on any atom is 0.237 e. The van der Waals surface area contributed by atoms with Crippen LogP contribution in [0.15, 0.2) is 78.0 Å². The van der Waals surface area contributed by atoms with E-state index in [1.54, 1.807) is 7.11 Å². The third-order valence-corrected chi connectivity index (χ3v) is 6.71. The Bertz CT molecular complexity index is 1270. The lowest BCUT2D eigenvalue weighted by Gasteiger charge is -2.16. The predicted octanol–water partition coefficient (Wildman–Crippen LogP) is 5.74. The Labute approximate surface area is 204 Å². The standard InChI is InChI=1S/C27H28N4O2S/c1-18-11-10-12-19(2)24(18)28-26(32)20(3)34-27-30-29-25(22-15-8-9-16-23(22)33-4)31(27)17-21-13-6-5-7-14-21/h5-16,20H,17H2,1-4H3,(H,28,32)/t20-/m0/s1. The number of carbonyl (C=O) groups excluding carboxylic acids is 1. The fourth-order valence-corrected chi connectivity index (χ4v) is 4.61. The molecule has 0 aliphatic rings. The second kappa shape index (κ2) is 10.6. The lowest BCUT2D eigenvalue weighted by atomic mass is 10.1. The third kappa shape index (κ3) is 5.15. The maximum absolute atomic E-state index is 13.1. The Hall–Kier alpha value is -3.58. The van der Waals surface area contributed by atoms with Crippen molar-refractivity contribution in [3.63, 3.8) is 0 Å². The van der Waals surface area contributed by atoms with Crippen LogP contribution < -0.4 is 10.1 Å². The molecule has 0 saturated carbocycles. The molecule has 0 saturated heterocycles. The minimum absolute atomic E-state index is 0.0736. The molecular formula is C27H28N4O2S. The number of ether oxygens (including phenoxy) is 1. The zero-order chi connectivity index (χ0) is 24.1. The second-order valence-corrected chi connectivity index (χ2v) is 9.40. The van der Waals surface area contributed by atoms with Gasteiger partial charge in [0.05, 0.1) is 24.5 Å². The van der Waals surface area contributed by atoms with Gasteiger partial charge in [-0.25, -0.2) is 0 Å². The molecule has 1 heterocycles. The summed E-state index contributed by atoms with van der Waals surface area (Å²) in [5, 5.41) is 12.4. The highest BCUT2D eigenvalue weighted by Crippen LogP contribution is 2.33. The number of amides is 1. The van der Waals surface area contributed by atoms with Gasteiger partial charge in [-0.15, -0.1) is 10.2 Å². The number of methoxy groups -OCH3 is 1. The molecule has 4 rings (SSSR count). The van der Waals surface area contributed by atoms with Gasteiger partial charge < -0.3 is 10.1 Å². The van der Waals surface area contributed by atoms with Crippen molar-refractivity contribution in [1.82, 2.24) is 14.8 Å². The predicted molar refractivity (Wildman–Crippen MR) is 137 cm³/mol. The summed E-state index contributed by atoms with van der Waals surface area (Å²) >= 11 is 1.39. The molecule has 0 fully saturated rings. The summed E-state index contributed by atoms with van der Waals surface area (Å²) < 4.78 is 7.61. The number of thioether (sulfide) groups is 1. The highest BCUT2D eigenvalue weighted by Gasteiger charge is 2.23. The van der Waals surface area contributed by atoms with Gasteiger partial charge >= 0.3 is 0 Å². The molecule has 0 unspecified atom stereocenters. The number of carbonyl (C=O) groups is 1. The van der Waals surface area contributed by atoms with Crippen molar-refractivity contribution in [2.75, 3.05) is 12.4 Å². The van der Waals surface area contributed by atoms with Crippen LogP contribution >= 0.6 is 11.8 Å². The number of rotatable bonds is 8. The van der Waals surface area contributed by atoms with Crippen molar-refractivity contribution in [2.24, 2.45) is 0 Å². The van der Waals surface area contributed by atoms with Gasteiger partial charge in [0.2, 0.25) is 5.91 Å². The smallest absolute Gasteiger partial charge is 0.237 e. The molecule has 0 aliphatic heterocycles. The zero-order valence-corrected chi connectivity index (χ0v) is 20.6. The fraction of sp³-hybridized carbons (Fsp3) is 0.222. The van der Waals surface area contributed by atoms with Crippen molar-refractivity contribution < 1.29 is 9.53 Å². The lowest BCUT2D eigenvalue weighted by Crippen LogP contribution is -2.24. The van der Waals surface area contributed by atoms with Crippen LogP contribution in [0.5, 0.6) is 5.75 Å². The minimum atomic E-state index is -0.372. The largest absolute Gasteiger partial charge is 0.496 e. The van der Waals surface area contributed by atoms with E-state index in [9.17, 15) is 4.79 Å². The SMILES string of the molecule is COc1ccccc1-c1nnc(S[C@@H](C)C(=O)Nc2c(C)cccc2C)n1Cc1ccccc1. The van der Waals surface area contributed by atoms with Gasteiger partial charge in [-0.2, -0.15) is 0 Å². The van der Waals surface area contributed by atoms with Crippen molar-refractivity contribution in [1.29, 1.82) is 0 Å². The molecule has 0 bridgehead atoms. The quantitative estimate of drug-likeness (QED) is 0.331. The van der Waals surface area contributed by atoms with Gasteiger partial charge in [-0.1, -0.05) is 72.4 Å². The summed E-state index contributed by atoms with van der Waals surface area (Å²) in [6.45, 7) is 6.46. The van der Waals surface area contributed by atoms with Crippen LogP contribution in [0.2, 0.25) is 0 Å². The topological polar surface area (TPSA) is 69.0 Å². The van der Waals surface area contributed by atoms with Crippen molar-refractivity contribution in [3.8, 4) is 17.1 Å². The van der Waals surface area contributed by atoms with E-state index in [4.69, 9.17) is 4.74 Å². The molecular weight excluding hydrogens is 444 g/mol. The van der Waals surface area contributed by atoms with Gasteiger partial charge in [0.25, 0.3) is 0 Å². The number of para-hydroxylation sites is 2. The lowest BCUT2D eigenvalue weighted by molar-refractivity contribution is -0.115. The van der Waals surface area contributed by atoms with Crippen LogP contribution in [0, 0.1) is 13.8 Å². The average Bonchev–Trinajstić information content (AvgIpc) is 3.23. The molecule has 0 spiro atoms. The Morgan fingerprint density at radius 3 is 2.35 bits per heavy atom. The second-order valence-electron chi connectivity index (χ2n) is 8.09. The maximum atomic E-state index is 13.1. The first-order valence-corrected chi connectivity index (χ1v) is 12.0. The summed E-state index contributed by atoms with van der Waals surface area (Å²) in [6.07, 6.45) is 0. The van der Waals surface area contributed by atoms with Crippen LogP contribution in [-0.4, -0.2) is 33.0 Å². The number of aromatic nitrogens is 3. The number of nitrogens with one attached hydrogen (secondary N) is 1. The Balaban J connectivity index is 1.64. The van der Waals surface area contributed by atoms with Crippen LogP contribution in [-0.2, 0) is 11.3 Å². The van der Waals surface area contributed by atoms with Gasteiger partial charge in [0.1, 0.15) is 5.75 Å². The average molecular weight is 473 g/mol. The normalized spacial score (nSPS) is 11.8. The van der Waals surface area contributed by atoms with E-state index in [0.717, 1.165) is 33.7 Å². The summed E-state index contributed by atoms with van der Waals surface area (Å²) in [5.41, 5.74) is 4.91. The number of nitrogens with zero attached hydrogens (tertiary/aromatic N) is 3. The molecule has 0 aliphatic carbocycles. The molecule has 34 heavy (non-hydrogen) atoms. The van der Waals surface area contributed by atoms with E-state index in [1.165, 1.54) is 11.8 Å². The molecule has 3 aromatic carbocycles. The summed E-state index contributed by atoms with van der Waals surface area (Å²) in [7, 11) is 1.65. The van der Waals surface area contributed by atoms with Crippen LogP contribution in [0.1, 0.15) is 23.6 Å². The highest BCUT2D eigenvalue weighted by atomic mass is 32.2. The van der Waals surface area contributed by atoms with Crippen LogP contribution in [0.3, 0.4) is 0 Å². The van der Waals surface area contributed by atoms with E-state index in [1.807, 2.05) is 86.0 Å². The molecule has 4 aromatic rings. The minimum Gasteiger partial charge on any atom is -0.496 e. The zero-order valence-electron chi connectivity index (χ0n) is 19.8. The van der Waals surface area contributed by atoms with E-state index < -0.39 is 0 Å². The van der Waals surface area contributed by atoms with Gasteiger partial charge in [-0.3, -0.25) is 9.36 Å². The third-order valence-electron chi connectivity index (χ3n) is 5.63. The van der Waals surface area contributed by atoms with E-state index in [0.29, 0.717) is 17.5 Å². The van der Waals surface area contributed by atoms with Crippen LogP contribution in [0.4, 0.5) is 5.69 Å². The van der Waals surface area contributed by atoms with Crippen molar-refractivity contribution in [2.45, 2.75) is 37.7 Å². The van der Waals surface area contributed by atoms with E-state index in [-0.39, 0.29) is 11.2 Å². The number of aryl methyl sites for hydroxylation is 2. The number of benzene rings is 3. The summed E-state index contributed by atoms with van der Waals surface area (Å²) in [6, 6.07) is 23.9. The molecule has 1 atom stereocenters. The number of hydrogen-bond donors (Lipinski definition) is 1. The summed E-state index contributed by atoms with van der Waals surface area (Å²) in [5.74, 6) is 1.35. The number of hydrogen-bond acceptors (Lipinski definition) is 5. The number of anilines is 1. The Kier molecular flexibility index (Phi) is 7.33. The van der Waals surface area contributed by atoms with Gasteiger partial charge in [0.15, 0.2) is 11.0 Å². The van der Waals surface area contributed by atoms with Crippen molar-refractivity contribution in [3.05, 3.63) is 89.5 Å². The van der Waals surface area contributed by atoms with Crippen LogP contribution in [0.25, 0.3) is 11.4 Å². The fourth-order valence-electron chi connectivity index (χ4n) is 3.76. The first-order chi connectivity index (χ1) is 16.5. The summed E-state index contributed by atoms with van der Waals surface area (Å²) in [4.78, 5) is 13.1. The van der Waals surface area contributed by atoms with Gasteiger partial charge in [0, 0.05) is 5.69 Å². The Morgan fingerprint density at radius 2 is 1.65 bits per heavy atom. The molecule has 1 aromatic heterocycles. The van der Waals surface area contributed by atoms with E-state index in [2.05, 4.69) is 27.6 Å². The molecule has 1 N–H and O–H groups in total. The van der Waals surface area contributed by atoms with Crippen molar-refractivity contribution >= 4 is 23.4 Å². The monoisotopic (exact) mass is 472 g/mol. The molecule has 174 valence electrons. The first-order valence-electron chi connectivity index (χ1n) is 11.1. The molecule has 7 heteroatoms. The highest BCUT2D eigenvalue weighted by molar-refractivity contribution is 8.00. The first kappa shape index (κ1) is 23.6. The Morgan fingerprint density at radius 1 is 0.971 bits per heavy atom. The molecule has 1 amide bonds.